The van der Waals surface area contributed by atoms with Crippen LogP contribution in [0.3, 0.4) is 0 Å². The van der Waals surface area contributed by atoms with Crippen LogP contribution in [0.25, 0.3) is 0 Å². The first-order valence-electron chi connectivity index (χ1n) is 8.64. The number of amides is 1. The Hall–Kier alpha value is -1.63. The number of hydrogen-bond acceptors (Lipinski definition) is 5. The van der Waals surface area contributed by atoms with Gasteiger partial charge in [0, 0.05) is 6.54 Å². The summed E-state index contributed by atoms with van der Waals surface area (Å²) in [5.41, 5.74) is 0.660. The predicted molar refractivity (Wildman–Crippen MR) is 96.6 cm³/mol. The molecule has 1 aromatic rings. The molecule has 1 N–H and O–H groups in total. The van der Waals surface area contributed by atoms with Gasteiger partial charge in [0.05, 0.1) is 39.1 Å². The molecule has 1 amide bonds. The Labute approximate surface area is 150 Å². The van der Waals surface area contributed by atoms with Gasteiger partial charge in [-0.1, -0.05) is 30.3 Å². The molecule has 0 saturated heterocycles. The van der Waals surface area contributed by atoms with Gasteiger partial charge in [-0.05, 0) is 33.3 Å². The monoisotopic (exact) mass is 353 g/mol. The van der Waals surface area contributed by atoms with Gasteiger partial charge in [-0.3, -0.25) is 0 Å². The largest absolute Gasteiger partial charge is 0.444 e. The quantitative estimate of drug-likeness (QED) is 0.619. The van der Waals surface area contributed by atoms with Gasteiger partial charge in [0.2, 0.25) is 0 Å². The van der Waals surface area contributed by atoms with Crippen LogP contribution in [0.1, 0.15) is 33.3 Å². The number of hydrogen-bond donors (Lipinski definition) is 1. The summed E-state index contributed by atoms with van der Waals surface area (Å²) >= 11 is 0. The fourth-order valence-corrected chi connectivity index (χ4v) is 1.91. The highest BCUT2D eigenvalue weighted by Crippen LogP contribution is 2.06. The minimum atomic E-state index is -0.489. The van der Waals surface area contributed by atoms with Crippen molar-refractivity contribution in [3.63, 3.8) is 0 Å². The molecule has 6 nitrogen and oxygen atoms in total. The lowest BCUT2D eigenvalue weighted by molar-refractivity contribution is -0.0331. The van der Waals surface area contributed by atoms with Crippen molar-refractivity contribution in [1.29, 1.82) is 0 Å². The zero-order valence-electron chi connectivity index (χ0n) is 15.7. The van der Waals surface area contributed by atoms with Gasteiger partial charge >= 0.3 is 6.09 Å². The normalized spacial score (nSPS) is 12.6. The minimum Gasteiger partial charge on any atom is -0.444 e. The van der Waals surface area contributed by atoms with Crippen molar-refractivity contribution in [3.8, 4) is 0 Å². The van der Waals surface area contributed by atoms with Gasteiger partial charge in [0.1, 0.15) is 5.60 Å². The summed E-state index contributed by atoms with van der Waals surface area (Å²) in [6.07, 6.45) is -0.427. The lowest BCUT2D eigenvalue weighted by atomic mass is 10.2. The molecule has 1 aromatic carbocycles. The van der Waals surface area contributed by atoms with Gasteiger partial charge in [0.25, 0.3) is 0 Å². The van der Waals surface area contributed by atoms with E-state index >= 15 is 0 Å². The van der Waals surface area contributed by atoms with Crippen molar-refractivity contribution in [2.75, 3.05) is 33.0 Å². The van der Waals surface area contributed by atoms with Crippen LogP contribution in [0.2, 0.25) is 0 Å². The Morgan fingerprint density at radius 3 is 2.48 bits per heavy atom. The number of alkyl carbamates (subject to hydrolysis) is 1. The van der Waals surface area contributed by atoms with Gasteiger partial charge in [-0.15, -0.1) is 0 Å². The standard InChI is InChI=1S/C19H31NO5/c1-16(14-23-15-17-8-6-5-7-9-17)24-13-12-22-11-10-20-18(21)25-19(2,3)4/h5-9,16H,10-15H2,1-4H3,(H,20,21). The third-order valence-corrected chi connectivity index (χ3v) is 3.01. The van der Waals surface area contributed by atoms with Crippen molar-refractivity contribution in [2.24, 2.45) is 0 Å². The van der Waals surface area contributed by atoms with E-state index in [4.69, 9.17) is 18.9 Å². The van der Waals surface area contributed by atoms with Gasteiger partial charge < -0.3 is 24.3 Å². The zero-order valence-corrected chi connectivity index (χ0v) is 15.7. The molecule has 0 heterocycles. The molecule has 0 aromatic heterocycles. The molecular weight excluding hydrogens is 322 g/mol. The van der Waals surface area contributed by atoms with Crippen molar-refractivity contribution in [2.45, 2.75) is 46.0 Å². The van der Waals surface area contributed by atoms with E-state index in [2.05, 4.69) is 5.32 Å². The molecule has 0 fully saturated rings. The molecule has 1 atom stereocenters. The van der Waals surface area contributed by atoms with E-state index in [1.54, 1.807) is 0 Å². The average molecular weight is 353 g/mol. The van der Waals surface area contributed by atoms with E-state index in [0.717, 1.165) is 5.56 Å². The van der Waals surface area contributed by atoms with Crippen molar-refractivity contribution >= 4 is 6.09 Å². The highest BCUT2D eigenvalue weighted by atomic mass is 16.6. The summed E-state index contributed by atoms with van der Waals surface area (Å²) in [5.74, 6) is 0. The Balaban J connectivity index is 1.93. The van der Waals surface area contributed by atoms with E-state index in [9.17, 15) is 4.79 Å². The van der Waals surface area contributed by atoms with E-state index in [1.165, 1.54) is 0 Å². The van der Waals surface area contributed by atoms with Crippen LogP contribution in [-0.4, -0.2) is 50.8 Å². The third kappa shape index (κ3) is 12.4. The van der Waals surface area contributed by atoms with E-state index in [0.29, 0.717) is 39.6 Å². The molecule has 0 radical (unpaired) electrons. The fraction of sp³-hybridized carbons (Fsp3) is 0.632. The van der Waals surface area contributed by atoms with Crippen molar-refractivity contribution < 1.29 is 23.7 Å². The number of benzene rings is 1. The molecule has 6 heteroatoms. The summed E-state index contributed by atoms with van der Waals surface area (Å²) in [7, 11) is 0. The first-order valence-corrected chi connectivity index (χ1v) is 8.64. The second kappa shape index (κ2) is 11.8. The van der Waals surface area contributed by atoms with Crippen molar-refractivity contribution in [3.05, 3.63) is 35.9 Å². The average Bonchev–Trinajstić information content (AvgIpc) is 2.53. The van der Waals surface area contributed by atoms with E-state index in [-0.39, 0.29) is 6.10 Å². The molecule has 0 aliphatic carbocycles. The first-order chi connectivity index (χ1) is 11.9. The molecule has 0 aliphatic heterocycles. The molecule has 25 heavy (non-hydrogen) atoms. The molecule has 1 unspecified atom stereocenters. The van der Waals surface area contributed by atoms with Crippen LogP contribution in [0, 0.1) is 0 Å². The molecular formula is C19H31NO5. The Bertz CT molecular complexity index is 472. The molecule has 0 spiro atoms. The summed E-state index contributed by atoms with van der Waals surface area (Å²) in [4.78, 5) is 11.4. The van der Waals surface area contributed by atoms with Crippen LogP contribution in [-0.2, 0) is 25.6 Å². The smallest absolute Gasteiger partial charge is 0.407 e. The Kier molecular flexibility index (Phi) is 10.1. The zero-order chi connectivity index (χ0) is 18.5. The topological polar surface area (TPSA) is 66.0 Å². The van der Waals surface area contributed by atoms with E-state index < -0.39 is 11.7 Å². The van der Waals surface area contributed by atoms with Crippen LogP contribution < -0.4 is 5.32 Å². The summed E-state index contributed by atoms with van der Waals surface area (Å²) in [6, 6.07) is 10.0. The summed E-state index contributed by atoms with van der Waals surface area (Å²) < 4.78 is 21.8. The van der Waals surface area contributed by atoms with Crippen LogP contribution >= 0.6 is 0 Å². The second-order valence-corrected chi connectivity index (χ2v) is 6.72. The maximum atomic E-state index is 11.4. The third-order valence-electron chi connectivity index (χ3n) is 3.01. The molecule has 1 rings (SSSR count). The summed E-state index contributed by atoms with van der Waals surface area (Å²) in [5, 5.41) is 2.64. The minimum absolute atomic E-state index is 0.00667. The Morgan fingerprint density at radius 1 is 1.08 bits per heavy atom. The Morgan fingerprint density at radius 2 is 1.80 bits per heavy atom. The molecule has 0 bridgehead atoms. The second-order valence-electron chi connectivity index (χ2n) is 6.72. The number of carbonyl (C=O) groups is 1. The predicted octanol–water partition coefficient (Wildman–Crippen LogP) is 3.15. The van der Waals surface area contributed by atoms with E-state index in [1.807, 2.05) is 58.0 Å². The van der Waals surface area contributed by atoms with Crippen molar-refractivity contribution in [1.82, 2.24) is 5.32 Å². The van der Waals surface area contributed by atoms with Gasteiger partial charge in [-0.25, -0.2) is 4.79 Å². The van der Waals surface area contributed by atoms with Gasteiger partial charge in [0.15, 0.2) is 0 Å². The maximum Gasteiger partial charge on any atom is 0.407 e. The summed E-state index contributed by atoms with van der Waals surface area (Å²) in [6.45, 7) is 10.3. The lowest BCUT2D eigenvalue weighted by Crippen LogP contribution is -2.34. The number of rotatable bonds is 11. The van der Waals surface area contributed by atoms with Crippen LogP contribution in [0.15, 0.2) is 30.3 Å². The van der Waals surface area contributed by atoms with Crippen LogP contribution in [0.5, 0.6) is 0 Å². The first kappa shape index (κ1) is 21.4. The molecule has 0 saturated carbocycles. The highest BCUT2D eigenvalue weighted by Gasteiger charge is 2.15. The number of nitrogens with one attached hydrogen (secondary N) is 1. The fourth-order valence-electron chi connectivity index (χ4n) is 1.91. The number of carbonyl (C=O) groups excluding carboxylic acids is 1. The highest BCUT2D eigenvalue weighted by molar-refractivity contribution is 5.67. The number of ether oxygens (including phenoxy) is 4. The molecule has 0 aliphatic rings. The SMILES string of the molecule is CC(COCc1ccccc1)OCCOCCNC(=O)OC(C)(C)C. The molecule has 142 valence electrons. The van der Waals surface area contributed by atoms with Crippen LogP contribution in [0.4, 0.5) is 4.79 Å². The maximum absolute atomic E-state index is 11.4. The lowest BCUT2D eigenvalue weighted by Gasteiger charge is -2.19. The van der Waals surface area contributed by atoms with Gasteiger partial charge in [-0.2, -0.15) is 0 Å².